The maximum absolute atomic E-state index is 11.4. The van der Waals surface area contributed by atoms with Crippen molar-refractivity contribution in [1.82, 2.24) is 0 Å². The second-order valence-corrected chi connectivity index (χ2v) is 4.18. The van der Waals surface area contributed by atoms with Gasteiger partial charge >= 0.3 is 0 Å². The molecule has 2 rings (SSSR count). The normalized spacial score (nSPS) is 15.1. The van der Waals surface area contributed by atoms with Gasteiger partial charge in [0.2, 0.25) is 0 Å². The molecule has 0 aromatic heterocycles. The highest BCUT2D eigenvalue weighted by atomic mass is 35.5. The van der Waals surface area contributed by atoms with Gasteiger partial charge in [0.1, 0.15) is 5.69 Å². The Morgan fingerprint density at radius 2 is 1.80 bits per heavy atom. The summed E-state index contributed by atoms with van der Waals surface area (Å²) >= 11 is 17.6. The molecule has 0 radical (unpaired) electrons. The minimum atomic E-state index is -0.166. The van der Waals surface area contributed by atoms with E-state index in [-0.39, 0.29) is 12.3 Å². The third-order valence-corrected chi connectivity index (χ3v) is 2.69. The van der Waals surface area contributed by atoms with Gasteiger partial charge < -0.3 is 0 Å². The lowest BCUT2D eigenvalue weighted by molar-refractivity contribution is -0.116. The summed E-state index contributed by atoms with van der Waals surface area (Å²) in [6.07, 6.45) is 1.76. The van der Waals surface area contributed by atoms with Crippen LogP contribution in [0.15, 0.2) is 17.2 Å². The van der Waals surface area contributed by atoms with Gasteiger partial charge in [0.05, 0.1) is 16.5 Å². The Kier molecular flexibility index (Phi) is 2.87. The quantitative estimate of drug-likeness (QED) is 0.764. The molecule has 0 saturated carbocycles. The van der Waals surface area contributed by atoms with E-state index in [2.05, 4.69) is 5.10 Å². The fourth-order valence-electron chi connectivity index (χ4n) is 1.27. The molecule has 1 heterocycles. The van der Waals surface area contributed by atoms with E-state index in [1.807, 2.05) is 0 Å². The number of amides is 1. The fraction of sp³-hybridized carbons (Fsp3) is 0.111. The largest absolute Gasteiger partial charge is 0.272 e. The second kappa shape index (κ2) is 4.00. The lowest BCUT2D eigenvalue weighted by Crippen LogP contribution is -2.20. The first-order chi connectivity index (χ1) is 7.09. The summed E-state index contributed by atoms with van der Waals surface area (Å²) in [7, 11) is 0. The van der Waals surface area contributed by atoms with Crippen molar-refractivity contribution in [1.29, 1.82) is 0 Å². The van der Waals surface area contributed by atoms with Crippen molar-refractivity contribution < 1.29 is 4.79 Å². The van der Waals surface area contributed by atoms with Crippen LogP contribution in [-0.4, -0.2) is 12.1 Å². The Bertz CT molecular complexity index is 436. The first-order valence-corrected chi connectivity index (χ1v) is 5.23. The van der Waals surface area contributed by atoms with Gasteiger partial charge in [-0.2, -0.15) is 10.1 Å². The molecule has 78 valence electrons. The Hall–Kier alpha value is -0.770. The number of benzene rings is 1. The number of halogens is 3. The zero-order chi connectivity index (χ0) is 11.0. The number of hydrogen-bond donors (Lipinski definition) is 0. The van der Waals surface area contributed by atoms with Crippen LogP contribution in [-0.2, 0) is 4.79 Å². The van der Waals surface area contributed by atoms with Gasteiger partial charge in [0.25, 0.3) is 5.91 Å². The van der Waals surface area contributed by atoms with Crippen molar-refractivity contribution in [3.8, 4) is 0 Å². The average Bonchev–Trinajstić information content (AvgIpc) is 2.50. The van der Waals surface area contributed by atoms with Crippen molar-refractivity contribution in [2.75, 3.05) is 5.01 Å². The number of carbonyl (C=O) groups is 1. The highest BCUT2D eigenvalue weighted by Gasteiger charge is 2.23. The number of nitrogens with zero attached hydrogens (tertiary/aromatic N) is 2. The summed E-state index contributed by atoms with van der Waals surface area (Å²) in [6.45, 7) is 0. The topological polar surface area (TPSA) is 32.7 Å². The van der Waals surface area contributed by atoms with E-state index >= 15 is 0 Å². The first kappa shape index (κ1) is 10.7. The predicted octanol–water partition coefficient (Wildman–Crippen LogP) is 3.37. The monoisotopic (exact) mass is 262 g/mol. The molecule has 3 nitrogen and oxygen atoms in total. The molecule has 1 aromatic carbocycles. The van der Waals surface area contributed by atoms with Crippen molar-refractivity contribution in [3.63, 3.8) is 0 Å². The number of hydrazone groups is 1. The fourth-order valence-corrected chi connectivity index (χ4v) is 2.25. The molecule has 0 N–H and O–H groups in total. The SMILES string of the molecule is O=C1CC=NN1c1c(Cl)cc(Cl)cc1Cl. The lowest BCUT2D eigenvalue weighted by atomic mass is 10.3. The van der Waals surface area contributed by atoms with Crippen LogP contribution in [0.4, 0.5) is 5.69 Å². The highest BCUT2D eigenvalue weighted by molar-refractivity contribution is 6.42. The van der Waals surface area contributed by atoms with Crippen LogP contribution in [0, 0.1) is 0 Å². The van der Waals surface area contributed by atoms with E-state index in [9.17, 15) is 4.79 Å². The molecule has 0 fully saturated rings. The van der Waals surface area contributed by atoms with Gasteiger partial charge in [-0.3, -0.25) is 4.79 Å². The van der Waals surface area contributed by atoms with Crippen LogP contribution in [0.5, 0.6) is 0 Å². The van der Waals surface area contributed by atoms with E-state index in [4.69, 9.17) is 34.8 Å². The number of hydrogen-bond acceptors (Lipinski definition) is 2. The maximum atomic E-state index is 11.4. The van der Waals surface area contributed by atoms with Crippen LogP contribution in [0.2, 0.25) is 15.1 Å². The third kappa shape index (κ3) is 1.95. The standard InChI is InChI=1S/C9H5Cl3N2O/c10-5-3-6(11)9(7(12)4-5)14-8(15)1-2-13-14/h2-4H,1H2. The van der Waals surface area contributed by atoms with Gasteiger partial charge in [0.15, 0.2) is 0 Å². The molecular weight excluding hydrogens is 258 g/mol. The Morgan fingerprint density at radius 1 is 1.20 bits per heavy atom. The zero-order valence-corrected chi connectivity index (χ0v) is 9.64. The summed E-state index contributed by atoms with van der Waals surface area (Å²) in [4.78, 5) is 11.4. The molecule has 0 unspecified atom stereocenters. The molecular formula is C9H5Cl3N2O. The van der Waals surface area contributed by atoms with E-state index in [0.29, 0.717) is 20.8 Å². The van der Waals surface area contributed by atoms with Gasteiger partial charge in [0, 0.05) is 11.2 Å². The lowest BCUT2D eigenvalue weighted by Gasteiger charge is -2.15. The summed E-state index contributed by atoms with van der Waals surface area (Å²) in [6, 6.07) is 3.04. The Balaban J connectivity index is 2.52. The molecule has 15 heavy (non-hydrogen) atoms. The minimum absolute atomic E-state index is 0.166. The van der Waals surface area contributed by atoms with Crippen LogP contribution < -0.4 is 5.01 Å². The van der Waals surface area contributed by atoms with Crippen molar-refractivity contribution in [2.24, 2.45) is 5.10 Å². The molecule has 0 atom stereocenters. The first-order valence-electron chi connectivity index (χ1n) is 4.09. The van der Waals surface area contributed by atoms with Gasteiger partial charge in [-0.05, 0) is 12.1 Å². The summed E-state index contributed by atoms with van der Waals surface area (Å²) in [5.74, 6) is -0.166. The molecule has 6 heteroatoms. The van der Waals surface area contributed by atoms with E-state index in [1.165, 1.54) is 23.4 Å². The van der Waals surface area contributed by atoms with Gasteiger partial charge in [-0.15, -0.1) is 0 Å². The van der Waals surface area contributed by atoms with Crippen molar-refractivity contribution >= 4 is 52.6 Å². The molecule has 1 aliphatic rings. The molecule has 0 saturated heterocycles. The Labute approximate surface area is 101 Å². The Morgan fingerprint density at radius 3 is 2.27 bits per heavy atom. The van der Waals surface area contributed by atoms with Crippen LogP contribution in [0.25, 0.3) is 0 Å². The number of anilines is 1. The average molecular weight is 264 g/mol. The van der Waals surface area contributed by atoms with E-state index in [0.717, 1.165) is 0 Å². The summed E-state index contributed by atoms with van der Waals surface area (Å²) < 4.78 is 0. The summed E-state index contributed by atoms with van der Waals surface area (Å²) in [5.41, 5.74) is 0.376. The van der Waals surface area contributed by atoms with Crippen LogP contribution in [0.3, 0.4) is 0 Å². The highest BCUT2D eigenvalue weighted by Crippen LogP contribution is 2.37. The number of carbonyl (C=O) groups excluding carboxylic acids is 1. The van der Waals surface area contributed by atoms with Gasteiger partial charge in [-0.1, -0.05) is 34.8 Å². The van der Waals surface area contributed by atoms with Crippen LogP contribution in [0.1, 0.15) is 6.42 Å². The molecule has 0 spiro atoms. The molecule has 0 bridgehead atoms. The van der Waals surface area contributed by atoms with Gasteiger partial charge in [-0.25, -0.2) is 0 Å². The van der Waals surface area contributed by atoms with Crippen molar-refractivity contribution in [2.45, 2.75) is 6.42 Å². The molecule has 1 aromatic rings. The maximum Gasteiger partial charge on any atom is 0.252 e. The number of rotatable bonds is 1. The summed E-state index contributed by atoms with van der Waals surface area (Å²) in [5, 5.41) is 6.10. The predicted molar refractivity (Wildman–Crippen MR) is 62.1 cm³/mol. The zero-order valence-electron chi connectivity index (χ0n) is 7.38. The smallest absolute Gasteiger partial charge is 0.252 e. The van der Waals surface area contributed by atoms with E-state index in [1.54, 1.807) is 0 Å². The second-order valence-electron chi connectivity index (χ2n) is 2.93. The van der Waals surface area contributed by atoms with Crippen LogP contribution >= 0.6 is 34.8 Å². The third-order valence-electron chi connectivity index (χ3n) is 1.89. The van der Waals surface area contributed by atoms with E-state index < -0.39 is 0 Å². The van der Waals surface area contributed by atoms with Crippen molar-refractivity contribution in [3.05, 3.63) is 27.2 Å². The molecule has 0 aliphatic carbocycles. The minimum Gasteiger partial charge on any atom is -0.272 e. The molecule has 1 amide bonds. The molecule has 1 aliphatic heterocycles.